The average Bonchev–Trinajstić information content (AvgIpc) is 2.38. The van der Waals surface area contributed by atoms with Crippen molar-refractivity contribution in [2.45, 2.75) is 32.5 Å². The van der Waals surface area contributed by atoms with Crippen LogP contribution in [0.4, 0.5) is 13.2 Å². The second-order valence-corrected chi connectivity index (χ2v) is 6.18. The van der Waals surface area contributed by atoms with Gasteiger partial charge in [0.05, 0.1) is 6.54 Å². The Hall–Kier alpha value is -1.57. The summed E-state index contributed by atoms with van der Waals surface area (Å²) in [6, 6.07) is -0.520. The van der Waals surface area contributed by atoms with E-state index in [4.69, 9.17) is 0 Å². The molecule has 2 amide bonds. The second-order valence-electron chi connectivity index (χ2n) is 6.18. The second kappa shape index (κ2) is 8.33. The zero-order valence-corrected chi connectivity index (χ0v) is 13.7. The van der Waals surface area contributed by atoms with Gasteiger partial charge in [0.2, 0.25) is 11.8 Å². The van der Waals surface area contributed by atoms with E-state index in [1.807, 2.05) is 13.8 Å². The van der Waals surface area contributed by atoms with Crippen molar-refractivity contribution in [1.82, 2.24) is 15.1 Å². The number of carbonyl (C=O) groups is 2. The van der Waals surface area contributed by atoms with Crippen LogP contribution in [0.1, 0.15) is 20.3 Å². The fourth-order valence-electron chi connectivity index (χ4n) is 2.46. The number of alkyl halides is 3. The van der Waals surface area contributed by atoms with Crippen LogP contribution in [-0.4, -0.2) is 67.1 Å². The van der Waals surface area contributed by atoms with Crippen LogP contribution in [-0.2, 0) is 9.59 Å². The molecule has 0 saturated carbocycles. The van der Waals surface area contributed by atoms with E-state index in [0.717, 1.165) is 4.90 Å². The summed E-state index contributed by atoms with van der Waals surface area (Å²) in [5.41, 5.74) is 0. The Bertz CT molecular complexity index is 450. The van der Waals surface area contributed by atoms with Crippen LogP contribution >= 0.6 is 0 Å². The SMILES string of the molecule is CC(C)CC1C(=O)NCCN1C(=O)/C=C/CN(C)CC(F)(F)F. The summed E-state index contributed by atoms with van der Waals surface area (Å²) in [4.78, 5) is 26.7. The predicted molar refractivity (Wildman–Crippen MR) is 80.7 cm³/mol. The Balaban J connectivity index is 2.60. The van der Waals surface area contributed by atoms with Crippen molar-refractivity contribution in [3.8, 4) is 0 Å². The third kappa shape index (κ3) is 7.02. The molecule has 1 aliphatic rings. The molecule has 1 unspecified atom stereocenters. The summed E-state index contributed by atoms with van der Waals surface area (Å²) in [5, 5.41) is 2.73. The van der Waals surface area contributed by atoms with Crippen molar-refractivity contribution >= 4 is 11.8 Å². The van der Waals surface area contributed by atoms with Gasteiger partial charge in [0.1, 0.15) is 6.04 Å². The largest absolute Gasteiger partial charge is 0.401 e. The summed E-state index contributed by atoms with van der Waals surface area (Å²) in [7, 11) is 1.33. The van der Waals surface area contributed by atoms with Crippen molar-refractivity contribution in [2.75, 3.05) is 33.2 Å². The Morgan fingerprint density at radius 3 is 2.70 bits per heavy atom. The third-order valence-electron chi connectivity index (χ3n) is 3.44. The molecule has 0 aromatic rings. The van der Waals surface area contributed by atoms with Crippen LogP contribution in [0.2, 0.25) is 0 Å². The minimum Gasteiger partial charge on any atom is -0.353 e. The number of hydrogen-bond donors (Lipinski definition) is 1. The number of nitrogens with one attached hydrogen (secondary N) is 1. The van der Waals surface area contributed by atoms with Crippen LogP contribution in [0.15, 0.2) is 12.2 Å². The smallest absolute Gasteiger partial charge is 0.353 e. The van der Waals surface area contributed by atoms with E-state index in [1.165, 1.54) is 24.1 Å². The number of nitrogens with zero attached hydrogens (tertiary/aromatic N) is 2. The van der Waals surface area contributed by atoms with Gasteiger partial charge >= 0.3 is 6.18 Å². The van der Waals surface area contributed by atoms with Gasteiger partial charge in [-0.2, -0.15) is 13.2 Å². The fraction of sp³-hybridized carbons (Fsp3) is 0.733. The van der Waals surface area contributed by atoms with Gasteiger partial charge in [-0.15, -0.1) is 0 Å². The van der Waals surface area contributed by atoms with Crippen LogP contribution in [0.25, 0.3) is 0 Å². The highest BCUT2D eigenvalue weighted by Gasteiger charge is 2.32. The maximum Gasteiger partial charge on any atom is 0.401 e. The quantitative estimate of drug-likeness (QED) is 0.747. The van der Waals surface area contributed by atoms with E-state index in [-0.39, 0.29) is 24.3 Å². The average molecular weight is 335 g/mol. The molecule has 1 heterocycles. The highest BCUT2D eigenvalue weighted by atomic mass is 19.4. The van der Waals surface area contributed by atoms with Crippen molar-refractivity contribution < 1.29 is 22.8 Å². The van der Waals surface area contributed by atoms with Crippen LogP contribution < -0.4 is 5.32 Å². The molecule has 0 aliphatic carbocycles. The molecule has 0 aromatic heterocycles. The van der Waals surface area contributed by atoms with Crippen LogP contribution in [0.3, 0.4) is 0 Å². The van der Waals surface area contributed by atoms with Gasteiger partial charge in [-0.05, 0) is 19.4 Å². The van der Waals surface area contributed by atoms with Gasteiger partial charge in [0.25, 0.3) is 0 Å². The first kappa shape index (κ1) is 19.5. The first-order valence-corrected chi connectivity index (χ1v) is 7.60. The lowest BCUT2D eigenvalue weighted by molar-refractivity contribution is -0.142. The summed E-state index contributed by atoms with van der Waals surface area (Å²) in [6.07, 6.45) is -1.06. The Labute approximate surface area is 134 Å². The number of amides is 2. The minimum absolute atomic E-state index is 0.0140. The zero-order valence-electron chi connectivity index (χ0n) is 13.7. The van der Waals surface area contributed by atoms with Crippen molar-refractivity contribution in [3.05, 3.63) is 12.2 Å². The monoisotopic (exact) mass is 335 g/mol. The van der Waals surface area contributed by atoms with Crippen molar-refractivity contribution in [2.24, 2.45) is 5.92 Å². The Morgan fingerprint density at radius 2 is 2.13 bits per heavy atom. The first-order chi connectivity index (χ1) is 10.6. The van der Waals surface area contributed by atoms with Gasteiger partial charge in [-0.25, -0.2) is 0 Å². The molecule has 1 atom stereocenters. The molecule has 0 radical (unpaired) electrons. The molecule has 0 spiro atoms. The van der Waals surface area contributed by atoms with Crippen molar-refractivity contribution in [1.29, 1.82) is 0 Å². The minimum atomic E-state index is -4.26. The van der Waals surface area contributed by atoms with E-state index in [2.05, 4.69) is 5.32 Å². The van der Waals surface area contributed by atoms with E-state index < -0.39 is 18.8 Å². The number of hydrogen-bond acceptors (Lipinski definition) is 3. The summed E-state index contributed by atoms with van der Waals surface area (Å²) in [6.45, 7) is 3.71. The molecular weight excluding hydrogens is 311 g/mol. The molecule has 1 saturated heterocycles. The first-order valence-electron chi connectivity index (χ1n) is 7.60. The Kier molecular flexibility index (Phi) is 7.05. The highest BCUT2D eigenvalue weighted by molar-refractivity contribution is 5.93. The highest BCUT2D eigenvalue weighted by Crippen LogP contribution is 2.16. The lowest BCUT2D eigenvalue weighted by Gasteiger charge is -2.35. The molecule has 23 heavy (non-hydrogen) atoms. The molecule has 132 valence electrons. The summed E-state index contributed by atoms with van der Waals surface area (Å²) in [5.74, 6) is -0.271. The number of halogens is 3. The predicted octanol–water partition coefficient (Wildman–Crippen LogP) is 1.41. The standard InChI is InChI=1S/C15H24F3N3O2/c1-11(2)9-12-14(23)19-6-8-21(12)13(22)5-4-7-20(3)10-15(16,17)18/h4-5,11-12H,6-10H2,1-3H3,(H,19,23)/b5-4+. The van der Waals surface area contributed by atoms with Gasteiger partial charge in [0.15, 0.2) is 0 Å². The van der Waals surface area contributed by atoms with E-state index >= 15 is 0 Å². The van der Waals surface area contributed by atoms with E-state index in [0.29, 0.717) is 19.5 Å². The fourth-order valence-corrected chi connectivity index (χ4v) is 2.46. The van der Waals surface area contributed by atoms with E-state index in [9.17, 15) is 22.8 Å². The molecule has 0 bridgehead atoms. The van der Waals surface area contributed by atoms with E-state index in [1.54, 1.807) is 0 Å². The van der Waals surface area contributed by atoms with Gasteiger partial charge < -0.3 is 10.2 Å². The van der Waals surface area contributed by atoms with Crippen LogP contribution in [0, 0.1) is 5.92 Å². The third-order valence-corrected chi connectivity index (χ3v) is 3.44. The number of likely N-dealkylation sites (N-methyl/N-ethyl adjacent to an activating group) is 1. The number of piperazine rings is 1. The molecular formula is C15H24F3N3O2. The van der Waals surface area contributed by atoms with Crippen LogP contribution in [0.5, 0.6) is 0 Å². The molecule has 1 fully saturated rings. The maximum atomic E-state index is 12.2. The molecule has 1 N–H and O–H groups in total. The molecule has 8 heteroatoms. The molecule has 5 nitrogen and oxygen atoms in total. The number of rotatable bonds is 6. The number of carbonyl (C=O) groups excluding carboxylic acids is 2. The molecule has 1 rings (SSSR count). The lowest BCUT2D eigenvalue weighted by Crippen LogP contribution is -2.57. The van der Waals surface area contributed by atoms with Crippen molar-refractivity contribution in [3.63, 3.8) is 0 Å². The lowest BCUT2D eigenvalue weighted by atomic mass is 10.00. The van der Waals surface area contributed by atoms with Gasteiger partial charge in [-0.1, -0.05) is 19.9 Å². The van der Waals surface area contributed by atoms with Gasteiger partial charge in [0, 0.05) is 25.7 Å². The molecule has 1 aliphatic heterocycles. The normalized spacial score (nSPS) is 19.7. The summed E-state index contributed by atoms with van der Waals surface area (Å²) < 4.78 is 36.6. The maximum absolute atomic E-state index is 12.2. The Morgan fingerprint density at radius 1 is 1.48 bits per heavy atom. The zero-order chi connectivity index (χ0) is 17.6. The summed E-state index contributed by atoms with van der Waals surface area (Å²) >= 11 is 0. The molecule has 0 aromatic carbocycles. The topological polar surface area (TPSA) is 52.7 Å². The van der Waals surface area contributed by atoms with Gasteiger partial charge in [-0.3, -0.25) is 14.5 Å².